The molecule has 2 rings (SSSR count). The van der Waals surface area contributed by atoms with E-state index in [2.05, 4.69) is 0 Å². The molecule has 2 N–H and O–H groups in total. The van der Waals surface area contributed by atoms with E-state index in [1.54, 1.807) is 0 Å². The van der Waals surface area contributed by atoms with Crippen molar-refractivity contribution in [3.63, 3.8) is 0 Å². The van der Waals surface area contributed by atoms with Crippen molar-refractivity contribution in [3.05, 3.63) is 10.1 Å². The lowest BCUT2D eigenvalue weighted by Crippen LogP contribution is -2.53. The first-order chi connectivity index (χ1) is 5.51. The Bertz CT molecular complexity index is 230. The van der Waals surface area contributed by atoms with Crippen molar-refractivity contribution in [2.75, 3.05) is 0 Å². The topological polar surface area (TPSA) is 83.6 Å². The van der Waals surface area contributed by atoms with Gasteiger partial charge in [-0.25, -0.2) is 0 Å². The number of fused-ring (bicyclic) bond motifs is 2. The molecule has 0 saturated heterocycles. The summed E-state index contributed by atoms with van der Waals surface area (Å²) in [6.07, 6.45) is 1.73. The van der Waals surface area contributed by atoms with Crippen LogP contribution in [0.3, 0.4) is 0 Å². The van der Waals surface area contributed by atoms with Gasteiger partial charge >= 0.3 is 0 Å². The predicted octanol–water partition coefficient (Wildman–Crippen LogP) is -0.113. The van der Waals surface area contributed by atoms with Crippen molar-refractivity contribution in [1.29, 1.82) is 0 Å². The maximum Gasteiger partial charge on any atom is 0.274 e. The van der Waals surface area contributed by atoms with Gasteiger partial charge in [0.1, 0.15) is 0 Å². The van der Waals surface area contributed by atoms with E-state index in [0.717, 1.165) is 0 Å². The van der Waals surface area contributed by atoms with Gasteiger partial charge in [0.05, 0.1) is 0 Å². The van der Waals surface area contributed by atoms with Gasteiger partial charge in [-0.3, -0.25) is 10.1 Å². The van der Waals surface area contributed by atoms with Crippen LogP contribution in [0.1, 0.15) is 25.7 Å². The summed E-state index contributed by atoms with van der Waals surface area (Å²) >= 11 is 0. The highest BCUT2D eigenvalue weighted by Crippen LogP contribution is 2.55. The molecule has 0 aromatic rings. The second-order valence-corrected chi connectivity index (χ2v) is 3.79. The molecule has 2 aliphatic carbocycles. The van der Waals surface area contributed by atoms with Crippen LogP contribution >= 0.6 is 0 Å². The van der Waals surface area contributed by atoms with Crippen LogP contribution in [0.4, 0.5) is 0 Å². The van der Waals surface area contributed by atoms with Crippen LogP contribution in [0.2, 0.25) is 0 Å². The fourth-order valence-electron chi connectivity index (χ4n) is 2.56. The average molecular weight is 173 g/mol. The highest BCUT2D eigenvalue weighted by atomic mass is 16.6. The van der Waals surface area contributed by atoms with E-state index in [-0.39, 0.29) is 5.92 Å². The molecular formula is C7H11NO4. The normalized spacial score (nSPS) is 43.3. The monoisotopic (exact) mass is 173 g/mol. The molecule has 0 aromatic heterocycles. The Morgan fingerprint density at radius 3 is 2.00 bits per heavy atom. The number of aliphatic hydroxyl groups is 2. The predicted molar refractivity (Wildman–Crippen MR) is 38.9 cm³/mol. The minimum Gasteiger partial charge on any atom is -0.360 e. The van der Waals surface area contributed by atoms with Crippen molar-refractivity contribution in [3.8, 4) is 0 Å². The third-order valence-electron chi connectivity index (χ3n) is 3.42. The van der Waals surface area contributed by atoms with Gasteiger partial charge < -0.3 is 10.2 Å². The first-order valence-corrected chi connectivity index (χ1v) is 4.10. The van der Waals surface area contributed by atoms with Crippen molar-refractivity contribution in [2.45, 2.75) is 37.0 Å². The molecule has 0 spiro atoms. The zero-order chi connectivity index (χ0) is 8.98. The Labute approximate surface area is 69.2 Å². The summed E-state index contributed by atoms with van der Waals surface area (Å²) in [5, 5.41) is 29.7. The fraction of sp³-hybridized carbons (Fsp3) is 1.00. The first kappa shape index (κ1) is 7.94. The molecule has 0 radical (unpaired) electrons. The molecular weight excluding hydrogens is 162 g/mol. The van der Waals surface area contributed by atoms with Crippen LogP contribution in [0.15, 0.2) is 0 Å². The Hall–Kier alpha value is -0.680. The van der Waals surface area contributed by atoms with Gasteiger partial charge in [-0.1, -0.05) is 0 Å². The van der Waals surface area contributed by atoms with E-state index in [1.165, 1.54) is 0 Å². The Balaban J connectivity index is 2.43. The van der Waals surface area contributed by atoms with Gasteiger partial charge in [-0.05, 0) is 12.8 Å². The van der Waals surface area contributed by atoms with E-state index in [0.29, 0.717) is 25.7 Å². The van der Waals surface area contributed by atoms with Crippen LogP contribution < -0.4 is 0 Å². The van der Waals surface area contributed by atoms with Crippen LogP contribution in [-0.4, -0.2) is 26.5 Å². The molecule has 0 atom stereocenters. The SMILES string of the molecule is O=[N+]([O-])C12CCC(CC1)C2(O)O. The molecule has 68 valence electrons. The quantitative estimate of drug-likeness (QED) is 0.329. The van der Waals surface area contributed by atoms with Gasteiger partial charge in [0.15, 0.2) is 0 Å². The molecule has 2 saturated carbocycles. The summed E-state index contributed by atoms with van der Waals surface area (Å²) in [6.45, 7) is 0. The summed E-state index contributed by atoms with van der Waals surface area (Å²) in [5.74, 6) is -2.35. The van der Waals surface area contributed by atoms with Gasteiger partial charge in [0.25, 0.3) is 5.54 Å². The maximum absolute atomic E-state index is 10.7. The summed E-state index contributed by atoms with van der Waals surface area (Å²) in [6, 6.07) is 0. The smallest absolute Gasteiger partial charge is 0.274 e. The zero-order valence-corrected chi connectivity index (χ0v) is 6.56. The number of rotatable bonds is 1. The van der Waals surface area contributed by atoms with Gasteiger partial charge in [0, 0.05) is 23.7 Å². The van der Waals surface area contributed by atoms with Gasteiger partial charge in [0.2, 0.25) is 5.79 Å². The van der Waals surface area contributed by atoms with Gasteiger partial charge in [-0.2, -0.15) is 0 Å². The fourth-order valence-corrected chi connectivity index (χ4v) is 2.56. The van der Waals surface area contributed by atoms with E-state index in [4.69, 9.17) is 0 Å². The molecule has 0 heterocycles. The van der Waals surface area contributed by atoms with E-state index < -0.39 is 16.2 Å². The number of nitrogens with zero attached hydrogens (tertiary/aromatic N) is 1. The standard InChI is InChI=1S/C7H11NO4/c9-7(10)5-1-3-6(7,4-2-5)8(11)12/h5,9-10H,1-4H2. The van der Waals surface area contributed by atoms with E-state index in [9.17, 15) is 20.3 Å². The van der Waals surface area contributed by atoms with Crippen LogP contribution in [-0.2, 0) is 0 Å². The number of nitro groups is 1. The number of hydrogen-bond acceptors (Lipinski definition) is 4. The molecule has 2 aliphatic rings. The average Bonchev–Trinajstić information content (AvgIpc) is 2.40. The van der Waals surface area contributed by atoms with Crippen molar-refractivity contribution >= 4 is 0 Å². The third-order valence-corrected chi connectivity index (χ3v) is 3.42. The highest BCUT2D eigenvalue weighted by Gasteiger charge is 2.72. The highest BCUT2D eigenvalue weighted by molar-refractivity contribution is 5.09. The van der Waals surface area contributed by atoms with E-state index in [1.807, 2.05) is 0 Å². The molecule has 12 heavy (non-hydrogen) atoms. The molecule has 0 unspecified atom stereocenters. The van der Waals surface area contributed by atoms with Crippen molar-refractivity contribution < 1.29 is 15.1 Å². The largest absolute Gasteiger partial charge is 0.360 e. The van der Waals surface area contributed by atoms with Crippen LogP contribution in [0.5, 0.6) is 0 Å². The van der Waals surface area contributed by atoms with Gasteiger partial charge in [-0.15, -0.1) is 0 Å². The zero-order valence-electron chi connectivity index (χ0n) is 6.56. The lowest BCUT2D eigenvalue weighted by atomic mass is 9.93. The number of hydrogen-bond donors (Lipinski definition) is 2. The molecule has 2 fully saturated rings. The molecule has 2 bridgehead atoms. The second-order valence-electron chi connectivity index (χ2n) is 3.79. The first-order valence-electron chi connectivity index (χ1n) is 4.10. The second kappa shape index (κ2) is 1.97. The van der Waals surface area contributed by atoms with Crippen LogP contribution in [0.25, 0.3) is 0 Å². The molecule has 5 heteroatoms. The van der Waals surface area contributed by atoms with E-state index >= 15 is 0 Å². The minimum absolute atomic E-state index is 0.289. The lowest BCUT2D eigenvalue weighted by molar-refractivity contribution is -0.603. The summed E-state index contributed by atoms with van der Waals surface area (Å²) in [4.78, 5) is 10.2. The van der Waals surface area contributed by atoms with Crippen molar-refractivity contribution in [1.82, 2.24) is 0 Å². The molecule has 0 amide bonds. The summed E-state index contributed by atoms with van der Waals surface area (Å²) in [7, 11) is 0. The summed E-state index contributed by atoms with van der Waals surface area (Å²) < 4.78 is 0. The third kappa shape index (κ3) is 0.618. The molecule has 0 aliphatic heterocycles. The minimum atomic E-state index is -2.06. The van der Waals surface area contributed by atoms with Crippen molar-refractivity contribution in [2.24, 2.45) is 5.92 Å². The summed E-state index contributed by atoms with van der Waals surface area (Å²) in [5.41, 5.74) is -1.46. The molecule has 5 nitrogen and oxygen atoms in total. The Morgan fingerprint density at radius 1 is 1.33 bits per heavy atom. The Kier molecular flexibility index (Phi) is 1.31. The lowest BCUT2D eigenvalue weighted by Gasteiger charge is -2.25. The van der Waals surface area contributed by atoms with Crippen LogP contribution in [0, 0.1) is 16.0 Å². The maximum atomic E-state index is 10.7. The molecule has 0 aromatic carbocycles. The Morgan fingerprint density at radius 2 is 1.83 bits per heavy atom.